The summed E-state index contributed by atoms with van der Waals surface area (Å²) in [5, 5.41) is 13.6. The molecular formula is C19H24N4O3. The quantitative estimate of drug-likeness (QED) is 0.910. The number of amides is 1. The minimum Gasteiger partial charge on any atom is -0.481 e. The standard InChI is InChI=1S/C19H24N4O3/c1-12(2)15-8-4-5-9-16(15)23-13(3)20-17(21-23)18(24)22-10-6-7-14(11-22)19(25)26/h4-5,8-9,12,14H,6-7,10-11H2,1-3H3,(H,25,26)/t14-/m0/s1. The van der Waals surface area contributed by atoms with Gasteiger partial charge in [0.2, 0.25) is 5.82 Å². The average Bonchev–Trinajstić information content (AvgIpc) is 3.02. The Morgan fingerprint density at radius 1 is 1.27 bits per heavy atom. The van der Waals surface area contributed by atoms with Gasteiger partial charge in [0.05, 0.1) is 11.6 Å². The molecule has 1 N–H and O–H groups in total. The molecule has 1 aliphatic heterocycles. The molecular weight excluding hydrogens is 332 g/mol. The number of carbonyl (C=O) groups excluding carboxylic acids is 1. The Bertz CT molecular complexity index is 828. The van der Waals surface area contributed by atoms with Crippen LogP contribution in [0.3, 0.4) is 0 Å². The molecule has 0 bridgehead atoms. The number of rotatable bonds is 4. The van der Waals surface area contributed by atoms with E-state index in [9.17, 15) is 14.7 Å². The molecule has 138 valence electrons. The molecule has 1 saturated heterocycles. The molecule has 0 saturated carbocycles. The molecule has 1 amide bonds. The summed E-state index contributed by atoms with van der Waals surface area (Å²) in [6.45, 7) is 6.79. The van der Waals surface area contributed by atoms with E-state index in [-0.39, 0.29) is 18.3 Å². The number of likely N-dealkylation sites (tertiary alicyclic amines) is 1. The summed E-state index contributed by atoms with van der Waals surface area (Å²) in [5.74, 6) is -0.617. The van der Waals surface area contributed by atoms with Gasteiger partial charge in [0.1, 0.15) is 5.82 Å². The van der Waals surface area contributed by atoms with E-state index in [0.717, 1.165) is 11.3 Å². The van der Waals surface area contributed by atoms with Gasteiger partial charge >= 0.3 is 5.97 Å². The van der Waals surface area contributed by atoms with Gasteiger partial charge in [-0.15, -0.1) is 5.10 Å². The number of nitrogens with zero attached hydrogens (tertiary/aromatic N) is 4. The molecule has 26 heavy (non-hydrogen) atoms. The molecule has 2 heterocycles. The number of para-hydroxylation sites is 1. The van der Waals surface area contributed by atoms with Crippen molar-refractivity contribution in [3.05, 3.63) is 41.5 Å². The van der Waals surface area contributed by atoms with Crippen LogP contribution in [0.1, 0.15) is 54.6 Å². The van der Waals surface area contributed by atoms with E-state index in [4.69, 9.17) is 0 Å². The maximum atomic E-state index is 12.8. The highest BCUT2D eigenvalue weighted by Gasteiger charge is 2.30. The van der Waals surface area contributed by atoms with Crippen LogP contribution in [0.5, 0.6) is 0 Å². The Morgan fingerprint density at radius 2 is 2.00 bits per heavy atom. The first-order valence-corrected chi connectivity index (χ1v) is 8.93. The van der Waals surface area contributed by atoms with Crippen molar-refractivity contribution in [3.63, 3.8) is 0 Å². The van der Waals surface area contributed by atoms with Gasteiger partial charge in [0.15, 0.2) is 0 Å². The number of carbonyl (C=O) groups is 2. The molecule has 0 spiro atoms. The summed E-state index contributed by atoms with van der Waals surface area (Å²) >= 11 is 0. The van der Waals surface area contributed by atoms with Crippen molar-refractivity contribution in [2.24, 2.45) is 5.92 Å². The van der Waals surface area contributed by atoms with E-state index in [1.165, 1.54) is 0 Å². The highest BCUT2D eigenvalue weighted by atomic mass is 16.4. The number of aryl methyl sites for hydroxylation is 1. The van der Waals surface area contributed by atoms with Crippen LogP contribution in [0.15, 0.2) is 24.3 Å². The van der Waals surface area contributed by atoms with Crippen LogP contribution in [0, 0.1) is 12.8 Å². The van der Waals surface area contributed by atoms with Crippen molar-refractivity contribution in [2.45, 2.75) is 39.5 Å². The fourth-order valence-corrected chi connectivity index (χ4v) is 3.38. The first-order chi connectivity index (χ1) is 12.4. The summed E-state index contributed by atoms with van der Waals surface area (Å²) < 4.78 is 1.70. The Kier molecular flexibility index (Phi) is 5.06. The van der Waals surface area contributed by atoms with E-state index in [0.29, 0.717) is 31.1 Å². The zero-order valence-corrected chi connectivity index (χ0v) is 15.3. The van der Waals surface area contributed by atoms with Gasteiger partial charge in [-0.1, -0.05) is 32.0 Å². The molecule has 0 radical (unpaired) electrons. The van der Waals surface area contributed by atoms with Crippen LogP contribution in [0.25, 0.3) is 5.69 Å². The number of aliphatic carboxylic acids is 1. The molecule has 1 aromatic heterocycles. The number of hydrogen-bond acceptors (Lipinski definition) is 4. The Balaban J connectivity index is 1.89. The summed E-state index contributed by atoms with van der Waals surface area (Å²) in [5.41, 5.74) is 2.04. The predicted octanol–water partition coefficient (Wildman–Crippen LogP) is 2.64. The molecule has 3 rings (SSSR count). The van der Waals surface area contributed by atoms with Gasteiger partial charge in [-0.05, 0) is 37.3 Å². The lowest BCUT2D eigenvalue weighted by molar-refractivity contribution is -0.143. The third-order valence-corrected chi connectivity index (χ3v) is 4.81. The molecule has 7 heteroatoms. The zero-order chi connectivity index (χ0) is 18.8. The van der Waals surface area contributed by atoms with E-state index >= 15 is 0 Å². The monoisotopic (exact) mass is 356 g/mol. The number of benzene rings is 1. The number of carboxylic acid groups (broad SMARTS) is 1. The van der Waals surface area contributed by atoms with Crippen molar-refractivity contribution in [1.82, 2.24) is 19.7 Å². The van der Waals surface area contributed by atoms with Crippen molar-refractivity contribution < 1.29 is 14.7 Å². The third-order valence-electron chi connectivity index (χ3n) is 4.81. The molecule has 1 aromatic carbocycles. The molecule has 1 fully saturated rings. The van der Waals surface area contributed by atoms with Crippen LogP contribution in [-0.2, 0) is 4.79 Å². The van der Waals surface area contributed by atoms with Crippen LogP contribution in [0.2, 0.25) is 0 Å². The molecule has 0 aliphatic carbocycles. The second kappa shape index (κ2) is 7.27. The number of aromatic nitrogens is 3. The van der Waals surface area contributed by atoms with Gasteiger partial charge in [0.25, 0.3) is 5.91 Å². The van der Waals surface area contributed by atoms with Gasteiger partial charge in [-0.25, -0.2) is 9.67 Å². The number of hydrogen-bond donors (Lipinski definition) is 1. The topological polar surface area (TPSA) is 88.3 Å². The lowest BCUT2D eigenvalue weighted by atomic mass is 9.98. The lowest BCUT2D eigenvalue weighted by Crippen LogP contribution is -2.42. The Labute approximate surface area is 152 Å². The van der Waals surface area contributed by atoms with Gasteiger partial charge in [-0.2, -0.15) is 0 Å². The van der Waals surface area contributed by atoms with Crippen LogP contribution < -0.4 is 0 Å². The fraction of sp³-hybridized carbons (Fsp3) is 0.474. The SMILES string of the molecule is Cc1nc(C(=O)N2CCC[C@H](C(=O)O)C2)nn1-c1ccccc1C(C)C. The maximum absolute atomic E-state index is 12.8. The first kappa shape index (κ1) is 18.1. The van der Waals surface area contributed by atoms with E-state index in [1.54, 1.807) is 9.58 Å². The second-order valence-corrected chi connectivity index (χ2v) is 7.04. The summed E-state index contributed by atoms with van der Waals surface area (Å²) in [6.07, 6.45) is 1.28. The highest BCUT2D eigenvalue weighted by Crippen LogP contribution is 2.24. The molecule has 1 atom stereocenters. The van der Waals surface area contributed by atoms with Gasteiger partial charge in [-0.3, -0.25) is 9.59 Å². The van der Waals surface area contributed by atoms with Crippen molar-refractivity contribution in [2.75, 3.05) is 13.1 Å². The van der Waals surface area contributed by atoms with Crippen molar-refractivity contribution >= 4 is 11.9 Å². The second-order valence-electron chi connectivity index (χ2n) is 7.04. The van der Waals surface area contributed by atoms with Gasteiger partial charge in [0, 0.05) is 13.1 Å². The van der Waals surface area contributed by atoms with E-state index in [1.807, 2.05) is 31.2 Å². The molecule has 7 nitrogen and oxygen atoms in total. The summed E-state index contributed by atoms with van der Waals surface area (Å²) in [4.78, 5) is 29.9. The molecule has 2 aromatic rings. The largest absolute Gasteiger partial charge is 0.481 e. The Morgan fingerprint density at radius 3 is 2.69 bits per heavy atom. The predicted molar refractivity (Wildman–Crippen MR) is 96.4 cm³/mol. The summed E-state index contributed by atoms with van der Waals surface area (Å²) in [7, 11) is 0. The third kappa shape index (κ3) is 3.47. The van der Waals surface area contributed by atoms with E-state index in [2.05, 4.69) is 23.9 Å². The minimum absolute atomic E-state index is 0.118. The number of piperidine rings is 1. The van der Waals surface area contributed by atoms with E-state index < -0.39 is 11.9 Å². The van der Waals surface area contributed by atoms with Crippen molar-refractivity contribution in [1.29, 1.82) is 0 Å². The fourth-order valence-electron chi connectivity index (χ4n) is 3.38. The van der Waals surface area contributed by atoms with Crippen LogP contribution in [0.4, 0.5) is 0 Å². The van der Waals surface area contributed by atoms with Gasteiger partial charge < -0.3 is 10.0 Å². The van der Waals surface area contributed by atoms with Crippen LogP contribution >= 0.6 is 0 Å². The first-order valence-electron chi connectivity index (χ1n) is 8.93. The molecule has 0 unspecified atom stereocenters. The normalized spacial score (nSPS) is 17.5. The minimum atomic E-state index is -0.858. The molecule has 1 aliphatic rings. The highest BCUT2D eigenvalue weighted by molar-refractivity contribution is 5.91. The van der Waals surface area contributed by atoms with Crippen molar-refractivity contribution in [3.8, 4) is 5.69 Å². The summed E-state index contributed by atoms with van der Waals surface area (Å²) in [6, 6.07) is 7.93. The maximum Gasteiger partial charge on any atom is 0.308 e. The Hall–Kier alpha value is -2.70. The number of carboxylic acids is 1. The smallest absolute Gasteiger partial charge is 0.308 e. The van der Waals surface area contributed by atoms with Crippen LogP contribution in [-0.4, -0.2) is 49.7 Å². The lowest BCUT2D eigenvalue weighted by Gasteiger charge is -2.29. The zero-order valence-electron chi connectivity index (χ0n) is 15.3. The average molecular weight is 356 g/mol.